The Morgan fingerprint density at radius 1 is 1.17 bits per heavy atom. The molecule has 0 unspecified atom stereocenters. The third-order valence-corrected chi connectivity index (χ3v) is 4.28. The molecule has 0 atom stereocenters. The second-order valence-corrected chi connectivity index (χ2v) is 6.48. The number of pyridine rings is 1. The topological polar surface area (TPSA) is 80.9 Å². The second-order valence-electron chi connectivity index (χ2n) is 5.55. The predicted molar refractivity (Wildman–Crippen MR) is 99.6 cm³/mol. The van der Waals surface area contributed by atoms with Crippen LogP contribution >= 0.6 is 11.8 Å². The van der Waals surface area contributed by atoms with E-state index in [-0.39, 0.29) is 29.0 Å². The number of thioether (sulfide) groups is 1. The van der Waals surface area contributed by atoms with E-state index in [1.807, 2.05) is 0 Å². The number of amides is 1. The van der Waals surface area contributed by atoms with Crippen molar-refractivity contribution >= 4 is 17.7 Å². The zero-order chi connectivity index (χ0) is 20.7. The van der Waals surface area contributed by atoms with E-state index in [9.17, 15) is 18.0 Å². The summed E-state index contributed by atoms with van der Waals surface area (Å²) in [7, 11) is 0. The zero-order valence-corrected chi connectivity index (χ0v) is 15.5. The van der Waals surface area contributed by atoms with Gasteiger partial charge >= 0.3 is 6.18 Å². The van der Waals surface area contributed by atoms with Gasteiger partial charge in [-0.3, -0.25) is 9.78 Å². The molecule has 10 heteroatoms. The molecular weight excluding hydrogens is 405 g/mol. The van der Waals surface area contributed by atoms with E-state index in [4.69, 9.17) is 4.42 Å². The number of carbonyl (C=O) groups excluding carboxylic acids is 1. The van der Waals surface area contributed by atoms with Gasteiger partial charge in [0.05, 0.1) is 17.9 Å². The van der Waals surface area contributed by atoms with Gasteiger partial charge in [0.1, 0.15) is 0 Å². The molecule has 1 amide bonds. The van der Waals surface area contributed by atoms with Crippen LogP contribution < -0.4 is 5.32 Å². The van der Waals surface area contributed by atoms with E-state index in [2.05, 4.69) is 32.3 Å². The monoisotopic (exact) mass is 418 g/mol. The number of carbonyl (C=O) groups is 1. The molecule has 148 valence electrons. The van der Waals surface area contributed by atoms with Gasteiger partial charge in [-0.05, 0) is 30.3 Å². The van der Waals surface area contributed by atoms with Crippen LogP contribution in [0.1, 0.15) is 11.1 Å². The number of benzene rings is 1. The van der Waals surface area contributed by atoms with Gasteiger partial charge in [-0.15, -0.1) is 10.2 Å². The first-order chi connectivity index (χ1) is 13.9. The highest BCUT2D eigenvalue weighted by Crippen LogP contribution is 2.29. The molecule has 1 aromatic carbocycles. The Morgan fingerprint density at radius 3 is 2.72 bits per heavy atom. The van der Waals surface area contributed by atoms with E-state index >= 15 is 0 Å². The summed E-state index contributed by atoms with van der Waals surface area (Å²) < 4.78 is 43.4. The largest absolute Gasteiger partial charge is 0.416 e. The first-order valence-electron chi connectivity index (χ1n) is 8.21. The molecule has 2 heterocycles. The number of nitrogens with zero attached hydrogens (tertiary/aromatic N) is 3. The molecule has 0 aliphatic rings. The highest BCUT2D eigenvalue weighted by atomic mass is 32.2. The second kappa shape index (κ2) is 9.25. The fourth-order valence-electron chi connectivity index (χ4n) is 2.12. The fraction of sp³-hybridized carbons (Fsp3) is 0.158. The van der Waals surface area contributed by atoms with Gasteiger partial charge in [0, 0.05) is 23.5 Å². The Kier molecular flexibility index (Phi) is 6.51. The summed E-state index contributed by atoms with van der Waals surface area (Å²) in [5.41, 5.74) is 0.169. The van der Waals surface area contributed by atoms with Crippen molar-refractivity contribution in [1.82, 2.24) is 20.5 Å². The third kappa shape index (κ3) is 6.08. The van der Waals surface area contributed by atoms with Crippen molar-refractivity contribution in [2.24, 2.45) is 0 Å². The van der Waals surface area contributed by atoms with Gasteiger partial charge in [0.25, 0.3) is 5.22 Å². The minimum absolute atomic E-state index is 0.00172. The van der Waals surface area contributed by atoms with E-state index in [1.54, 1.807) is 24.5 Å². The first-order valence-corrected chi connectivity index (χ1v) is 9.20. The van der Waals surface area contributed by atoms with Crippen LogP contribution in [0, 0.1) is 11.8 Å². The Labute approximate surface area is 167 Å². The molecule has 6 nitrogen and oxygen atoms in total. The molecule has 0 aliphatic heterocycles. The number of rotatable bonds is 5. The van der Waals surface area contributed by atoms with Gasteiger partial charge in [-0.1, -0.05) is 29.7 Å². The summed E-state index contributed by atoms with van der Waals surface area (Å²) in [6.07, 6.45) is -1.23. The normalized spacial score (nSPS) is 10.9. The fourth-order valence-corrected chi connectivity index (χ4v) is 2.71. The summed E-state index contributed by atoms with van der Waals surface area (Å²) in [5.74, 6) is 5.24. The Bertz CT molecular complexity index is 1040. The van der Waals surface area contributed by atoms with Crippen molar-refractivity contribution in [1.29, 1.82) is 0 Å². The minimum Gasteiger partial charge on any atom is -0.411 e. The number of alkyl halides is 3. The molecule has 3 rings (SSSR count). The van der Waals surface area contributed by atoms with Crippen LogP contribution in [-0.2, 0) is 11.0 Å². The lowest BCUT2D eigenvalue weighted by atomic mass is 10.1. The molecule has 3 aromatic rings. The van der Waals surface area contributed by atoms with Gasteiger partial charge in [0.2, 0.25) is 11.8 Å². The Morgan fingerprint density at radius 2 is 1.97 bits per heavy atom. The van der Waals surface area contributed by atoms with Crippen molar-refractivity contribution in [2.75, 3.05) is 12.3 Å². The molecule has 0 fully saturated rings. The maximum Gasteiger partial charge on any atom is 0.416 e. The summed E-state index contributed by atoms with van der Waals surface area (Å²) in [4.78, 5) is 15.7. The summed E-state index contributed by atoms with van der Waals surface area (Å²) in [6.45, 7) is 0.00172. The molecule has 0 saturated heterocycles. The quantitative estimate of drug-likeness (QED) is 0.505. The maximum atomic E-state index is 12.7. The van der Waals surface area contributed by atoms with Crippen molar-refractivity contribution < 1.29 is 22.4 Å². The SMILES string of the molecule is O=C(CSc1nnc(-c2ccncc2)o1)NCC#Cc1cccc(C(F)(F)F)c1. The lowest BCUT2D eigenvalue weighted by molar-refractivity contribution is -0.137. The lowest BCUT2D eigenvalue weighted by Gasteiger charge is -2.05. The molecule has 0 saturated carbocycles. The third-order valence-electron chi connectivity index (χ3n) is 3.46. The molecule has 1 N–H and O–H groups in total. The summed E-state index contributed by atoms with van der Waals surface area (Å²) in [5, 5.41) is 10.5. The maximum absolute atomic E-state index is 12.7. The Hall–Kier alpha value is -3.32. The van der Waals surface area contributed by atoms with Crippen molar-refractivity contribution in [3.63, 3.8) is 0 Å². The van der Waals surface area contributed by atoms with Crippen LogP contribution in [0.15, 0.2) is 58.4 Å². The standard InChI is InChI=1S/C19H13F3N4O2S/c20-19(21,22)15-5-1-3-13(11-15)4-2-8-24-16(27)12-29-18-26-25-17(28-18)14-6-9-23-10-7-14/h1,3,5-7,9-11H,8,12H2,(H,24,27). The first kappa shape index (κ1) is 20.4. The van der Waals surface area contributed by atoms with Crippen LogP contribution in [0.4, 0.5) is 13.2 Å². The summed E-state index contributed by atoms with van der Waals surface area (Å²) >= 11 is 1.06. The van der Waals surface area contributed by atoms with Crippen LogP contribution in [-0.4, -0.2) is 33.4 Å². The molecule has 0 bridgehead atoms. The predicted octanol–water partition coefficient (Wildman–Crippen LogP) is 3.41. The average Bonchev–Trinajstić information content (AvgIpc) is 3.19. The smallest absolute Gasteiger partial charge is 0.411 e. The van der Waals surface area contributed by atoms with Gasteiger partial charge in [0.15, 0.2) is 0 Å². The van der Waals surface area contributed by atoms with E-state index < -0.39 is 11.7 Å². The number of hydrogen-bond acceptors (Lipinski definition) is 6. The highest BCUT2D eigenvalue weighted by Gasteiger charge is 2.30. The van der Waals surface area contributed by atoms with E-state index in [0.717, 1.165) is 23.9 Å². The van der Waals surface area contributed by atoms with Crippen LogP contribution in [0.5, 0.6) is 0 Å². The van der Waals surface area contributed by atoms with Crippen LogP contribution in [0.2, 0.25) is 0 Å². The van der Waals surface area contributed by atoms with Gasteiger partial charge < -0.3 is 9.73 Å². The van der Waals surface area contributed by atoms with E-state index in [0.29, 0.717) is 11.5 Å². The lowest BCUT2D eigenvalue weighted by Crippen LogP contribution is -2.25. The van der Waals surface area contributed by atoms with Crippen LogP contribution in [0.25, 0.3) is 11.5 Å². The highest BCUT2D eigenvalue weighted by molar-refractivity contribution is 7.99. The van der Waals surface area contributed by atoms with E-state index in [1.165, 1.54) is 12.1 Å². The molecular formula is C19H13F3N4O2S. The van der Waals surface area contributed by atoms with Crippen LogP contribution in [0.3, 0.4) is 0 Å². The summed E-state index contributed by atoms with van der Waals surface area (Å²) in [6, 6.07) is 8.13. The molecule has 0 spiro atoms. The number of halogens is 3. The van der Waals surface area contributed by atoms with Crippen molar-refractivity contribution in [3.05, 3.63) is 59.9 Å². The molecule has 0 aliphatic carbocycles. The molecule has 29 heavy (non-hydrogen) atoms. The van der Waals surface area contributed by atoms with Gasteiger partial charge in [-0.2, -0.15) is 13.2 Å². The molecule has 0 radical (unpaired) electrons. The number of nitrogens with one attached hydrogen (secondary N) is 1. The average molecular weight is 418 g/mol. The Balaban J connectivity index is 1.46. The molecule has 2 aromatic heterocycles. The van der Waals surface area contributed by atoms with Gasteiger partial charge in [-0.25, -0.2) is 0 Å². The zero-order valence-electron chi connectivity index (χ0n) is 14.7. The van der Waals surface area contributed by atoms with Crippen molar-refractivity contribution in [3.8, 4) is 23.3 Å². The number of hydrogen-bond donors (Lipinski definition) is 1. The minimum atomic E-state index is -4.42. The number of aromatic nitrogens is 3. The van der Waals surface area contributed by atoms with Crippen molar-refractivity contribution in [2.45, 2.75) is 11.4 Å².